The van der Waals surface area contributed by atoms with Crippen LogP contribution in [-0.4, -0.2) is 23.4 Å². The highest BCUT2D eigenvalue weighted by Gasteiger charge is 2.47. The lowest BCUT2D eigenvalue weighted by molar-refractivity contribution is -0.132. The normalized spacial score (nSPS) is 17.3. The SMILES string of the molecule is CCOc1ccc(Cl)c(/C(O)=C2\C(=O)C(=O)N(c3cccc(F)c3)C2c2ccc(Cl)c(Cl)c2)c1. The lowest BCUT2D eigenvalue weighted by Crippen LogP contribution is -2.29. The number of aliphatic hydroxyl groups excluding tert-OH is 1. The maximum Gasteiger partial charge on any atom is 0.300 e. The van der Waals surface area contributed by atoms with Crippen LogP contribution < -0.4 is 9.64 Å². The Morgan fingerprint density at radius 2 is 1.74 bits per heavy atom. The zero-order valence-corrected chi connectivity index (χ0v) is 20.0. The molecule has 1 heterocycles. The van der Waals surface area contributed by atoms with Crippen molar-refractivity contribution < 1.29 is 23.8 Å². The number of anilines is 1. The average Bonchev–Trinajstić information content (AvgIpc) is 3.07. The number of aliphatic hydroxyl groups is 1. The molecule has 4 rings (SSSR count). The molecular weight excluding hydrogens is 504 g/mol. The average molecular weight is 521 g/mol. The van der Waals surface area contributed by atoms with Gasteiger partial charge in [0.2, 0.25) is 0 Å². The molecule has 0 radical (unpaired) electrons. The Balaban J connectivity index is 1.98. The monoisotopic (exact) mass is 519 g/mol. The molecule has 1 atom stereocenters. The molecule has 1 amide bonds. The van der Waals surface area contributed by atoms with Gasteiger partial charge in [0.25, 0.3) is 11.7 Å². The van der Waals surface area contributed by atoms with Gasteiger partial charge >= 0.3 is 0 Å². The highest BCUT2D eigenvalue weighted by atomic mass is 35.5. The van der Waals surface area contributed by atoms with E-state index in [1.165, 1.54) is 42.5 Å². The molecule has 0 saturated carbocycles. The summed E-state index contributed by atoms with van der Waals surface area (Å²) in [6, 6.07) is 13.3. The largest absolute Gasteiger partial charge is 0.507 e. The molecule has 0 bridgehead atoms. The zero-order valence-electron chi connectivity index (χ0n) is 17.7. The number of nitrogens with zero attached hydrogens (tertiary/aromatic N) is 1. The van der Waals surface area contributed by atoms with Crippen LogP contribution in [0.4, 0.5) is 10.1 Å². The van der Waals surface area contributed by atoms with Crippen molar-refractivity contribution in [2.24, 2.45) is 0 Å². The number of carbonyl (C=O) groups is 2. The van der Waals surface area contributed by atoms with Crippen LogP contribution in [0.15, 0.2) is 66.2 Å². The lowest BCUT2D eigenvalue weighted by Gasteiger charge is -2.26. The molecule has 0 aliphatic carbocycles. The minimum atomic E-state index is -1.12. The van der Waals surface area contributed by atoms with Gasteiger partial charge in [-0.25, -0.2) is 4.39 Å². The smallest absolute Gasteiger partial charge is 0.300 e. The van der Waals surface area contributed by atoms with Crippen molar-refractivity contribution in [1.29, 1.82) is 0 Å². The zero-order chi connectivity index (χ0) is 24.6. The third kappa shape index (κ3) is 4.37. The molecule has 1 fully saturated rings. The summed E-state index contributed by atoms with van der Waals surface area (Å²) in [5.41, 5.74) is 0.390. The molecule has 0 aromatic heterocycles. The predicted octanol–water partition coefficient (Wildman–Crippen LogP) is 6.81. The van der Waals surface area contributed by atoms with Gasteiger partial charge in [0.15, 0.2) is 0 Å². The molecule has 9 heteroatoms. The second kappa shape index (κ2) is 9.66. The highest BCUT2D eigenvalue weighted by Crippen LogP contribution is 2.44. The molecule has 174 valence electrons. The highest BCUT2D eigenvalue weighted by molar-refractivity contribution is 6.52. The molecule has 3 aromatic rings. The van der Waals surface area contributed by atoms with E-state index in [1.807, 2.05) is 0 Å². The number of Topliss-reactive ketones (excluding diaryl/α,β-unsaturated/α-hetero) is 1. The minimum absolute atomic E-state index is 0.106. The number of amides is 1. The first kappa shape index (κ1) is 24.1. The van der Waals surface area contributed by atoms with E-state index in [1.54, 1.807) is 19.1 Å². The van der Waals surface area contributed by atoms with Crippen LogP contribution in [0.25, 0.3) is 5.76 Å². The topological polar surface area (TPSA) is 66.8 Å². The van der Waals surface area contributed by atoms with Crippen LogP contribution in [0.3, 0.4) is 0 Å². The fraction of sp³-hybridized carbons (Fsp3) is 0.120. The van der Waals surface area contributed by atoms with Gasteiger partial charge in [-0.1, -0.05) is 46.9 Å². The maximum atomic E-state index is 14.0. The fourth-order valence-corrected chi connectivity index (χ4v) is 4.32. The van der Waals surface area contributed by atoms with Gasteiger partial charge in [0, 0.05) is 11.3 Å². The molecule has 34 heavy (non-hydrogen) atoms. The molecule has 1 saturated heterocycles. The van der Waals surface area contributed by atoms with Gasteiger partial charge in [-0.15, -0.1) is 0 Å². The van der Waals surface area contributed by atoms with Crippen LogP contribution >= 0.6 is 34.8 Å². The van der Waals surface area contributed by atoms with Crippen molar-refractivity contribution in [3.8, 4) is 5.75 Å². The van der Waals surface area contributed by atoms with Crippen molar-refractivity contribution in [3.63, 3.8) is 0 Å². The van der Waals surface area contributed by atoms with E-state index in [0.717, 1.165) is 11.0 Å². The van der Waals surface area contributed by atoms with Crippen LogP contribution in [-0.2, 0) is 9.59 Å². The van der Waals surface area contributed by atoms with Gasteiger partial charge in [-0.2, -0.15) is 0 Å². The van der Waals surface area contributed by atoms with Gasteiger partial charge < -0.3 is 9.84 Å². The van der Waals surface area contributed by atoms with E-state index in [2.05, 4.69) is 0 Å². The third-order valence-corrected chi connectivity index (χ3v) is 6.36. The molecule has 1 unspecified atom stereocenters. The Morgan fingerprint density at radius 1 is 1.00 bits per heavy atom. The van der Waals surface area contributed by atoms with Gasteiger partial charge in [0.1, 0.15) is 17.3 Å². The number of hydrogen-bond donors (Lipinski definition) is 1. The van der Waals surface area contributed by atoms with Crippen LogP contribution in [0.5, 0.6) is 5.75 Å². The number of benzene rings is 3. The minimum Gasteiger partial charge on any atom is -0.507 e. The van der Waals surface area contributed by atoms with Crippen molar-refractivity contribution in [2.75, 3.05) is 11.5 Å². The van der Waals surface area contributed by atoms with Crippen molar-refractivity contribution in [3.05, 3.63) is 98.2 Å². The molecular formula is C25H17Cl3FNO4. The van der Waals surface area contributed by atoms with E-state index in [-0.39, 0.29) is 31.9 Å². The molecule has 3 aromatic carbocycles. The van der Waals surface area contributed by atoms with Gasteiger partial charge in [-0.3, -0.25) is 14.5 Å². The van der Waals surface area contributed by atoms with Gasteiger partial charge in [-0.05, 0) is 61.0 Å². The second-order valence-electron chi connectivity index (χ2n) is 7.40. The first-order chi connectivity index (χ1) is 16.2. The van der Waals surface area contributed by atoms with Crippen LogP contribution in [0.1, 0.15) is 24.1 Å². The Labute approximate surface area is 209 Å². The molecule has 0 spiro atoms. The summed E-state index contributed by atoms with van der Waals surface area (Å²) >= 11 is 18.6. The maximum absolute atomic E-state index is 14.0. The number of rotatable bonds is 5. The van der Waals surface area contributed by atoms with E-state index < -0.39 is 29.3 Å². The number of halogens is 4. The van der Waals surface area contributed by atoms with Crippen molar-refractivity contribution >= 4 is 57.9 Å². The van der Waals surface area contributed by atoms with Gasteiger partial charge in [0.05, 0.1) is 33.3 Å². The standard InChI is InChI=1S/C25H17Cl3FNO4/c1-2-34-16-7-9-18(26)17(12-16)23(31)21-22(13-6-8-19(27)20(28)10-13)30(25(33)24(21)32)15-5-3-4-14(29)11-15/h3-12,22,31H,2H2,1H3/b23-21+. The molecule has 5 nitrogen and oxygen atoms in total. The van der Waals surface area contributed by atoms with E-state index in [0.29, 0.717) is 17.9 Å². The first-order valence-electron chi connectivity index (χ1n) is 10.2. The summed E-state index contributed by atoms with van der Waals surface area (Å²) < 4.78 is 19.5. The van der Waals surface area contributed by atoms with E-state index in [9.17, 15) is 19.1 Å². The molecule has 1 N–H and O–H groups in total. The predicted molar refractivity (Wildman–Crippen MR) is 130 cm³/mol. The second-order valence-corrected chi connectivity index (χ2v) is 8.62. The van der Waals surface area contributed by atoms with Crippen LogP contribution in [0, 0.1) is 5.82 Å². The number of ether oxygens (including phenoxy) is 1. The quantitative estimate of drug-likeness (QED) is 0.228. The lowest BCUT2D eigenvalue weighted by atomic mass is 9.95. The van der Waals surface area contributed by atoms with E-state index >= 15 is 0 Å². The number of hydrogen-bond acceptors (Lipinski definition) is 4. The number of carbonyl (C=O) groups excluding carboxylic acids is 2. The van der Waals surface area contributed by atoms with Crippen molar-refractivity contribution in [2.45, 2.75) is 13.0 Å². The summed E-state index contributed by atoms with van der Waals surface area (Å²) in [6.45, 7) is 2.16. The Hall–Kier alpha value is -3.06. The first-order valence-corrected chi connectivity index (χ1v) is 11.3. The Kier molecular flexibility index (Phi) is 6.84. The summed E-state index contributed by atoms with van der Waals surface area (Å²) in [5, 5.41) is 11.9. The summed E-state index contributed by atoms with van der Waals surface area (Å²) in [7, 11) is 0. The Morgan fingerprint density at radius 3 is 2.41 bits per heavy atom. The Bertz CT molecular complexity index is 1340. The fourth-order valence-electron chi connectivity index (χ4n) is 3.81. The molecule has 1 aliphatic heterocycles. The van der Waals surface area contributed by atoms with E-state index in [4.69, 9.17) is 39.5 Å². The molecule has 1 aliphatic rings. The third-order valence-electron chi connectivity index (χ3n) is 5.29. The summed E-state index contributed by atoms with van der Waals surface area (Å²) in [5.74, 6) is -2.59. The summed E-state index contributed by atoms with van der Waals surface area (Å²) in [4.78, 5) is 27.5. The summed E-state index contributed by atoms with van der Waals surface area (Å²) in [6.07, 6.45) is 0. The van der Waals surface area contributed by atoms with Crippen molar-refractivity contribution in [1.82, 2.24) is 0 Å². The van der Waals surface area contributed by atoms with Crippen LogP contribution in [0.2, 0.25) is 15.1 Å². The number of ketones is 1.